The fraction of sp³-hybridized carbons (Fsp3) is 0.533. The molecular formula is C15H22BrNO2. The molecule has 1 atom stereocenters. The lowest BCUT2D eigenvalue weighted by atomic mass is 10.0. The number of phenols is 1. The molecule has 1 amide bonds. The zero-order valence-corrected chi connectivity index (χ0v) is 12.9. The van der Waals surface area contributed by atoms with Gasteiger partial charge in [-0.15, -0.1) is 0 Å². The van der Waals surface area contributed by atoms with Crippen molar-refractivity contribution in [2.45, 2.75) is 32.6 Å². The number of rotatable bonds is 8. The summed E-state index contributed by atoms with van der Waals surface area (Å²) in [4.78, 5) is 11.8. The van der Waals surface area contributed by atoms with Crippen LogP contribution < -0.4 is 5.32 Å². The monoisotopic (exact) mass is 327 g/mol. The third kappa shape index (κ3) is 6.62. The van der Waals surface area contributed by atoms with E-state index < -0.39 is 0 Å². The summed E-state index contributed by atoms with van der Waals surface area (Å²) in [5, 5.41) is 13.3. The summed E-state index contributed by atoms with van der Waals surface area (Å²) in [6.07, 6.45) is 3.68. The number of aromatic hydroxyl groups is 1. The third-order valence-electron chi connectivity index (χ3n) is 3.08. The number of amides is 1. The van der Waals surface area contributed by atoms with Crippen molar-refractivity contribution in [3.63, 3.8) is 0 Å². The molecule has 1 aromatic rings. The molecular weight excluding hydrogens is 306 g/mol. The maximum Gasteiger partial charge on any atom is 0.224 e. The Hall–Kier alpha value is -1.03. The average Bonchev–Trinajstić information content (AvgIpc) is 2.36. The number of carbonyl (C=O) groups is 1. The Balaban J connectivity index is 2.38. The van der Waals surface area contributed by atoms with E-state index in [0.717, 1.165) is 36.7 Å². The quantitative estimate of drug-likeness (QED) is 0.720. The number of nitrogens with one attached hydrogen (secondary N) is 1. The Bertz CT molecular complexity index is 389. The van der Waals surface area contributed by atoms with Gasteiger partial charge in [0.2, 0.25) is 5.91 Å². The highest BCUT2D eigenvalue weighted by Crippen LogP contribution is 2.13. The van der Waals surface area contributed by atoms with Crippen LogP contribution in [0.15, 0.2) is 24.3 Å². The van der Waals surface area contributed by atoms with E-state index in [1.54, 1.807) is 18.2 Å². The molecule has 4 heteroatoms. The average molecular weight is 328 g/mol. The van der Waals surface area contributed by atoms with Crippen molar-refractivity contribution < 1.29 is 9.90 Å². The number of alkyl halides is 1. The Morgan fingerprint density at radius 2 is 2.21 bits per heavy atom. The fourth-order valence-corrected chi connectivity index (χ4v) is 2.73. The maximum absolute atomic E-state index is 11.8. The first-order chi connectivity index (χ1) is 9.15. The lowest BCUT2D eigenvalue weighted by Crippen LogP contribution is -2.30. The number of hydrogen-bond acceptors (Lipinski definition) is 2. The van der Waals surface area contributed by atoms with Crippen LogP contribution in [-0.2, 0) is 11.2 Å². The van der Waals surface area contributed by atoms with E-state index in [4.69, 9.17) is 0 Å². The van der Waals surface area contributed by atoms with Gasteiger partial charge in [0.25, 0.3) is 0 Å². The summed E-state index contributed by atoms with van der Waals surface area (Å²) in [6.45, 7) is 2.90. The van der Waals surface area contributed by atoms with Gasteiger partial charge in [-0.1, -0.05) is 41.4 Å². The molecule has 106 valence electrons. The summed E-state index contributed by atoms with van der Waals surface area (Å²) in [7, 11) is 0. The molecule has 0 aromatic heterocycles. The Labute approximate surface area is 123 Å². The van der Waals surface area contributed by atoms with Gasteiger partial charge in [0, 0.05) is 11.9 Å². The van der Waals surface area contributed by atoms with Crippen LogP contribution in [-0.4, -0.2) is 22.9 Å². The van der Waals surface area contributed by atoms with E-state index in [0.29, 0.717) is 12.3 Å². The van der Waals surface area contributed by atoms with Crippen LogP contribution in [0.25, 0.3) is 0 Å². The summed E-state index contributed by atoms with van der Waals surface area (Å²) < 4.78 is 0. The van der Waals surface area contributed by atoms with E-state index in [-0.39, 0.29) is 11.7 Å². The van der Waals surface area contributed by atoms with Crippen LogP contribution in [0, 0.1) is 5.92 Å². The molecule has 0 aliphatic rings. The van der Waals surface area contributed by atoms with Gasteiger partial charge in [-0.05, 0) is 36.5 Å². The van der Waals surface area contributed by atoms with Crippen molar-refractivity contribution in [3.8, 4) is 5.75 Å². The molecule has 0 bridgehead atoms. The number of hydrogen-bond donors (Lipinski definition) is 2. The summed E-state index contributed by atoms with van der Waals surface area (Å²) >= 11 is 3.45. The molecule has 0 spiro atoms. The van der Waals surface area contributed by atoms with Crippen LogP contribution in [0.4, 0.5) is 0 Å². The standard InChI is InChI=1S/C15H22BrNO2/c1-2-4-12(7-8-16)11-17-15(19)10-13-5-3-6-14(18)9-13/h3,5-6,9,12,18H,2,4,7-8,10-11H2,1H3,(H,17,19). The minimum Gasteiger partial charge on any atom is -0.508 e. The molecule has 0 saturated heterocycles. The first kappa shape index (κ1) is 16.0. The maximum atomic E-state index is 11.8. The van der Waals surface area contributed by atoms with Crippen molar-refractivity contribution >= 4 is 21.8 Å². The Kier molecular flexibility index (Phi) is 7.56. The zero-order chi connectivity index (χ0) is 14.1. The summed E-state index contributed by atoms with van der Waals surface area (Å²) in [5.74, 6) is 0.757. The second kappa shape index (κ2) is 8.97. The smallest absolute Gasteiger partial charge is 0.224 e. The first-order valence-corrected chi connectivity index (χ1v) is 7.88. The van der Waals surface area contributed by atoms with E-state index in [2.05, 4.69) is 28.2 Å². The van der Waals surface area contributed by atoms with Crippen molar-refractivity contribution in [3.05, 3.63) is 29.8 Å². The van der Waals surface area contributed by atoms with Gasteiger partial charge in [-0.3, -0.25) is 4.79 Å². The van der Waals surface area contributed by atoms with Gasteiger partial charge in [-0.25, -0.2) is 0 Å². The molecule has 1 unspecified atom stereocenters. The molecule has 0 heterocycles. The lowest BCUT2D eigenvalue weighted by molar-refractivity contribution is -0.120. The molecule has 0 fully saturated rings. The minimum atomic E-state index is 0.0151. The van der Waals surface area contributed by atoms with Gasteiger partial charge in [-0.2, -0.15) is 0 Å². The van der Waals surface area contributed by atoms with Crippen LogP contribution in [0.5, 0.6) is 5.75 Å². The first-order valence-electron chi connectivity index (χ1n) is 6.76. The normalized spacial score (nSPS) is 12.1. The Morgan fingerprint density at radius 1 is 1.42 bits per heavy atom. The predicted octanol–water partition coefficient (Wildman–Crippen LogP) is 3.25. The van der Waals surface area contributed by atoms with Gasteiger partial charge in [0.05, 0.1) is 6.42 Å². The van der Waals surface area contributed by atoms with Crippen molar-refractivity contribution in [1.82, 2.24) is 5.32 Å². The van der Waals surface area contributed by atoms with Crippen molar-refractivity contribution in [1.29, 1.82) is 0 Å². The predicted molar refractivity (Wildman–Crippen MR) is 81.6 cm³/mol. The van der Waals surface area contributed by atoms with E-state index >= 15 is 0 Å². The summed E-state index contributed by atoms with van der Waals surface area (Å²) in [6, 6.07) is 6.83. The van der Waals surface area contributed by atoms with E-state index in [1.165, 1.54) is 0 Å². The van der Waals surface area contributed by atoms with Crippen LogP contribution in [0.2, 0.25) is 0 Å². The molecule has 3 nitrogen and oxygen atoms in total. The van der Waals surface area contributed by atoms with Gasteiger partial charge in [0.1, 0.15) is 5.75 Å². The fourth-order valence-electron chi connectivity index (χ4n) is 2.08. The topological polar surface area (TPSA) is 49.3 Å². The minimum absolute atomic E-state index is 0.0151. The van der Waals surface area contributed by atoms with Gasteiger partial charge >= 0.3 is 0 Å². The van der Waals surface area contributed by atoms with E-state index in [9.17, 15) is 9.90 Å². The largest absolute Gasteiger partial charge is 0.508 e. The molecule has 1 aromatic carbocycles. The highest BCUT2D eigenvalue weighted by molar-refractivity contribution is 9.09. The van der Waals surface area contributed by atoms with Crippen LogP contribution >= 0.6 is 15.9 Å². The number of halogens is 1. The highest BCUT2D eigenvalue weighted by Gasteiger charge is 2.09. The number of benzene rings is 1. The third-order valence-corrected chi connectivity index (χ3v) is 3.54. The Morgan fingerprint density at radius 3 is 2.84 bits per heavy atom. The van der Waals surface area contributed by atoms with Crippen LogP contribution in [0.3, 0.4) is 0 Å². The molecule has 0 aliphatic heterocycles. The van der Waals surface area contributed by atoms with Crippen molar-refractivity contribution in [2.24, 2.45) is 5.92 Å². The number of carbonyl (C=O) groups excluding carboxylic acids is 1. The molecule has 0 aliphatic carbocycles. The molecule has 1 rings (SSSR count). The molecule has 0 saturated carbocycles. The molecule has 0 radical (unpaired) electrons. The van der Waals surface area contributed by atoms with Gasteiger partial charge < -0.3 is 10.4 Å². The molecule has 19 heavy (non-hydrogen) atoms. The SMILES string of the molecule is CCCC(CCBr)CNC(=O)Cc1cccc(O)c1. The molecule has 2 N–H and O–H groups in total. The van der Waals surface area contributed by atoms with E-state index in [1.807, 2.05) is 6.07 Å². The second-order valence-electron chi connectivity index (χ2n) is 4.78. The lowest BCUT2D eigenvalue weighted by Gasteiger charge is -2.15. The zero-order valence-electron chi connectivity index (χ0n) is 11.4. The number of phenolic OH excluding ortho intramolecular Hbond substituents is 1. The summed E-state index contributed by atoms with van der Waals surface area (Å²) in [5.41, 5.74) is 0.838. The highest BCUT2D eigenvalue weighted by atomic mass is 79.9. The van der Waals surface area contributed by atoms with Crippen LogP contribution in [0.1, 0.15) is 31.7 Å². The van der Waals surface area contributed by atoms with Crippen molar-refractivity contribution in [2.75, 3.05) is 11.9 Å². The van der Waals surface area contributed by atoms with Gasteiger partial charge in [0.15, 0.2) is 0 Å². The second-order valence-corrected chi connectivity index (χ2v) is 5.58.